The van der Waals surface area contributed by atoms with Crippen molar-refractivity contribution in [1.29, 1.82) is 0 Å². The minimum absolute atomic E-state index is 0.704. The molecule has 0 aliphatic carbocycles. The summed E-state index contributed by atoms with van der Waals surface area (Å²) >= 11 is 1.54. The number of aromatic nitrogens is 1. The molecule has 0 saturated heterocycles. The number of hydrogen-bond acceptors (Lipinski definition) is 5. The maximum atomic E-state index is 5.30. The summed E-state index contributed by atoms with van der Waals surface area (Å²) in [5.74, 6) is 5.21. The highest BCUT2D eigenvalue weighted by atomic mass is 32.1. The average molecular weight is 170 g/mol. The van der Waals surface area contributed by atoms with Crippen LogP contribution in [0, 0.1) is 6.92 Å². The van der Waals surface area contributed by atoms with Crippen molar-refractivity contribution in [3.8, 4) is 0 Å². The molecule has 0 aliphatic heterocycles. The highest BCUT2D eigenvalue weighted by Crippen LogP contribution is 2.17. The van der Waals surface area contributed by atoms with E-state index in [4.69, 9.17) is 11.6 Å². The van der Waals surface area contributed by atoms with Crippen LogP contribution in [-0.2, 0) is 0 Å². The lowest BCUT2D eigenvalue weighted by Gasteiger charge is -1.99. The van der Waals surface area contributed by atoms with Crippen LogP contribution in [0.5, 0.6) is 0 Å². The Hall–Kier alpha value is -1.07. The topological polar surface area (TPSA) is 77.0 Å². The zero-order chi connectivity index (χ0) is 8.27. The summed E-state index contributed by atoms with van der Waals surface area (Å²) in [5.41, 5.74) is 8.49. The number of nitrogens with zero attached hydrogens (tertiary/aromatic N) is 1. The summed E-state index contributed by atoms with van der Waals surface area (Å²) < 4.78 is 0. The highest BCUT2D eigenvalue weighted by Gasteiger charge is 2.01. The van der Waals surface area contributed by atoms with Crippen molar-refractivity contribution in [3.63, 3.8) is 0 Å². The smallest absolute Gasteiger partial charge is 0.0901 e. The maximum absolute atomic E-state index is 5.30. The normalized spacial score (nSPS) is 11.6. The summed E-state index contributed by atoms with van der Waals surface area (Å²) in [4.78, 5) is 5.01. The molecule has 4 nitrogen and oxygen atoms in total. The molecule has 0 saturated carbocycles. The molecule has 0 unspecified atom stereocenters. The molecule has 1 rings (SSSR count). The van der Waals surface area contributed by atoms with E-state index in [1.165, 1.54) is 6.20 Å². The van der Waals surface area contributed by atoms with Crippen LogP contribution < -0.4 is 17.0 Å². The Morgan fingerprint density at radius 3 is 2.91 bits per heavy atom. The van der Waals surface area contributed by atoms with Crippen LogP contribution in [0.2, 0.25) is 0 Å². The monoisotopic (exact) mass is 170 g/mol. The van der Waals surface area contributed by atoms with E-state index in [1.54, 1.807) is 17.5 Å². The largest absolute Gasteiger partial charge is 0.403 e. The van der Waals surface area contributed by atoms with Gasteiger partial charge in [0.2, 0.25) is 0 Å². The summed E-state index contributed by atoms with van der Waals surface area (Å²) in [6.07, 6.45) is 3.16. The molecule has 1 heterocycles. The van der Waals surface area contributed by atoms with Crippen LogP contribution in [-0.4, -0.2) is 4.98 Å². The third-order valence-electron chi connectivity index (χ3n) is 1.21. The molecule has 0 amide bonds. The van der Waals surface area contributed by atoms with Gasteiger partial charge in [0.05, 0.1) is 15.6 Å². The Morgan fingerprint density at radius 2 is 2.55 bits per heavy atom. The lowest BCUT2D eigenvalue weighted by molar-refractivity contribution is 0.991. The molecule has 5 N–H and O–H groups in total. The number of thiazole rings is 1. The molecule has 0 fully saturated rings. The van der Waals surface area contributed by atoms with Gasteiger partial charge in [-0.1, -0.05) is 0 Å². The van der Waals surface area contributed by atoms with Crippen molar-refractivity contribution < 1.29 is 0 Å². The molecular weight excluding hydrogens is 160 g/mol. The number of hydrazine groups is 1. The van der Waals surface area contributed by atoms with Gasteiger partial charge in [-0.3, -0.25) is 5.84 Å². The summed E-state index contributed by atoms with van der Waals surface area (Å²) in [7, 11) is 0. The predicted molar refractivity (Wildman–Crippen MR) is 46.3 cm³/mol. The van der Waals surface area contributed by atoms with E-state index in [1.807, 2.05) is 6.92 Å². The third-order valence-corrected chi connectivity index (χ3v) is 2.15. The Kier molecular flexibility index (Phi) is 2.45. The fourth-order valence-electron chi connectivity index (χ4n) is 0.687. The van der Waals surface area contributed by atoms with Gasteiger partial charge < -0.3 is 11.2 Å². The van der Waals surface area contributed by atoms with E-state index in [-0.39, 0.29) is 0 Å². The molecule has 0 bridgehead atoms. The van der Waals surface area contributed by atoms with Gasteiger partial charge in [0.1, 0.15) is 0 Å². The van der Waals surface area contributed by atoms with Crippen molar-refractivity contribution in [1.82, 2.24) is 10.4 Å². The molecule has 60 valence electrons. The van der Waals surface area contributed by atoms with Gasteiger partial charge in [-0.25, -0.2) is 4.98 Å². The second kappa shape index (κ2) is 3.36. The number of aryl methyl sites for hydroxylation is 1. The molecule has 0 aliphatic rings. The second-order valence-electron chi connectivity index (χ2n) is 1.97. The molecule has 1 aromatic heterocycles. The van der Waals surface area contributed by atoms with Gasteiger partial charge >= 0.3 is 0 Å². The van der Waals surface area contributed by atoms with Crippen LogP contribution >= 0.6 is 11.3 Å². The Morgan fingerprint density at radius 1 is 1.82 bits per heavy atom. The lowest BCUT2D eigenvalue weighted by Crippen LogP contribution is -2.20. The highest BCUT2D eigenvalue weighted by molar-refractivity contribution is 7.12. The molecule has 1 aromatic rings. The Bertz CT molecular complexity index is 265. The number of hydrogen-bond donors (Lipinski definition) is 3. The quantitative estimate of drug-likeness (QED) is 0.437. The van der Waals surface area contributed by atoms with Gasteiger partial charge in [-0.05, 0) is 6.92 Å². The van der Waals surface area contributed by atoms with E-state index in [0.29, 0.717) is 5.70 Å². The van der Waals surface area contributed by atoms with Gasteiger partial charge in [0.15, 0.2) is 0 Å². The van der Waals surface area contributed by atoms with Gasteiger partial charge in [0, 0.05) is 12.4 Å². The lowest BCUT2D eigenvalue weighted by atomic mass is 10.4. The first-order chi connectivity index (χ1) is 5.27. The van der Waals surface area contributed by atoms with Crippen molar-refractivity contribution >= 4 is 17.0 Å². The van der Waals surface area contributed by atoms with E-state index < -0.39 is 0 Å². The molecule has 0 aromatic carbocycles. The van der Waals surface area contributed by atoms with Gasteiger partial charge in [-0.15, -0.1) is 11.3 Å². The Balaban J connectivity index is 2.91. The zero-order valence-electron chi connectivity index (χ0n) is 6.16. The van der Waals surface area contributed by atoms with Gasteiger partial charge in [-0.2, -0.15) is 0 Å². The van der Waals surface area contributed by atoms with E-state index >= 15 is 0 Å². The number of nitrogens with two attached hydrogens (primary N) is 2. The summed E-state index contributed by atoms with van der Waals surface area (Å²) in [6, 6.07) is 0. The number of rotatable bonds is 2. The van der Waals surface area contributed by atoms with Crippen molar-refractivity contribution in [2.75, 3.05) is 0 Å². The average Bonchev–Trinajstić information content (AvgIpc) is 2.39. The Labute approximate surface area is 68.9 Å². The molecule has 0 atom stereocenters. The first kappa shape index (κ1) is 8.03. The molecule has 0 radical (unpaired) electrons. The second-order valence-corrected chi connectivity index (χ2v) is 3.20. The zero-order valence-corrected chi connectivity index (χ0v) is 6.98. The standard InChI is InChI=1S/C6H10N4S/c1-4-9-3-6(11-4)5(2-7)10-8/h2-3,10H,7-8H2,1H3/b5-2-. The predicted octanol–water partition coefficient (Wildman–Crippen LogP) is 0.172. The first-order valence-electron chi connectivity index (χ1n) is 3.09. The van der Waals surface area contributed by atoms with Crippen molar-refractivity contribution in [3.05, 3.63) is 22.3 Å². The van der Waals surface area contributed by atoms with Crippen molar-refractivity contribution in [2.45, 2.75) is 6.92 Å². The molecule has 0 spiro atoms. The summed E-state index contributed by atoms with van der Waals surface area (Å²) in [6.45, 7) is 1.93. The first-order valence-corrected chi connectivity index (χ1v) is 3.91. The maximum Gasteiger partial charge on any atom is 0.0901 e. The van der Waals surface area contributed by atoms with Crippen LogP contribution in [0.3, 0.4) is 0 Å². The fraction of sp³-hybridized carbons (Fsp3) is 0.167. The van der Waals surface area contributed by atoms with Crippen LogP contribution in [0.1, 0.15) is 9.88 Å². The molecule has 11 heavy (non-hydrogen) atoms. The number of nitrogens with one attached hydrogen (secondary N) is 1. The van der Waals surface area contributed by atoms with Crippen LogP contribution in [0.25, 0.3) is 5.70 Å². The third kappa shape index (κ3) is 1.69. The van der Waals surface area contributed by atoms with Gasteiger partial charge in [0.25, 0.3) is 0 Å². The van der Waals surface area contributed by atoms with Crippen LogP contribution in [0.4, 0.5) is 0 Å². The minimum Gasteiger partial charge on any atom is -0.403 e. The SMILES string of the molecule is Cc1ncc(/C(=C/N)NN)s1. The molecule has 5 heteroatoms. The van der Waals surface area contributed by atoms with Crippen molar-refractivity contribution in [2.24, 2.45) is 11.6 Å². The van der Waals surface area contributed by atoms with E-state index in [2.05, 4.69) is 10.4 Å². The van der Waals surface area contributed by atoms with E-state index in [9.17, 15) is 0 Å². The molecular formula is C6H10N4S. The summed E-state index contributed by atoms with van der Waals surface area (Å²) in [5, 5.41) is 0.995. The van der Waals surface area contributed by atoms with Crippen LogP contribution in [0.15, 0.2) is 12.4 Å². The van der Waals surface area contributed by atoms with E-state index in [0.717, 1.165) is 9.88 Å². The minimum atomic E-state index is 0.704. The fourth-order valence-corrected chi connectivity index (χ4v) is 1.45.